The van der Waals surface area contributed by atoms with Gasteiger partial charge in [-0.25, -0.2) is 9.67 Å². The molecule has 0 bridgehead atoms. The summed E-state index contributed by atoms with van der Waals surface area (Å²) in [5.41, 5.74) is 1.28. The molecule has 1 aromatic heterocycles. The zero-order chi connectivity index (χ0) is 13.9. The Morgan fingerprint density at radius 1 is 1.20 bits per heavy atom. The Labute approximate surface area is 117 Å². The first kappa shape index (κ1) is 13.3. The normalized spacial score (nSPS) is 19.0. The van der Waals surface area contributed by atoms with Crippen LogP contribution in [-0.2, 0) is 4.74 Å². The number of rotatable bonds is 3. The van der Waals surface area contributed by atoms with Gasteiger partial charge in [0.25, 0.3) is 0 Å². The molecule has 0 saturated carbocycles. The van der Waals surface area contributed by atoms with Crippen LogP contribution in [0.3, 0.4) is 0 Å². The highest BCUT2D eigenvalue weighted by molar-refractivity contribution is 6.58. The molecule has 1 aliphatic heterocycles. The van der Waals surface area contributed by atoms with Crippen LogP contribution < -0.4 is 5.46 Å². The Kier molecular flexibility index (Phi) is 3.82. The summed E-state index contributed by atoms with van der Waals surface area (Å²) < 4.78 is 7.41. The Balaban J connectivity index is 1.78. The van der Waals surface area contributed by atoms with Crippen LogP contribution in [0.4, 0.5) is 0 Å². The third-order valence-corrected chi connectivity index (χ3v) is 3.43. The molecule has 2 aromatic rings. The maximum absolute atomic E-state index is 9.06. The highest BCUT2D eigenvalue weighted by atomic mass is 16.5. The molecule has 1 aliphatic rings. The SMILES string of the molecule is OB(O)c1ccc(-c2ncn(C3CCCCO3)n2)cc1. The molecule has 104 valence electrons. The van der Waals surface area contributed by atoms with E-state index >= 15 is 0 Å². The summed E-state index contributed by atoms with van der Waals surface area (Å²) in [4.78, 5) is 4.28. The molecular formula is C13H16BN3O3. The highest BCUT2D eigenvalue weighted by Crippen LogP contribution is 2.22. The van der Waals surface area contributed by atoms with E-state index in [0.717, 1.165) is 31.4 Å². The minimum atomic E-state index is -1.45. The summed E-state index contributed by atoms with van der Waals surface area (Å²) in [7, 11) is -1.45. The molecule has 2 N–H and O–H groups in total. The highest BCUT2D eigenvalue weighted by Gasteiger charge is 2.18. The quantitative estimate of drug-likeness (QED) is 0.787. The summed E-state index contributed by atoms with van der Waals surface area (Å²) in [6.07, 6.45) is 4.85. The van der Waals surface area contributed by atoms with Crippen molar-refractivity contribution in [2.75, 3.05) is 6.61 Å². The fourth-order valence-electron chi connectivity index (χ4n) is 2.28. The van der Waals surface area contributed by atoms with Crippen LogP contribution >= 0.6 is 0 Å². The van der Waals surface area contributed by atoms with Gasteiger partial charge in [0.2, 0.25) is 0 Å². The van der Waals surface area contributed by atoms with Crippen molar-refractivity contribution in [3.8, 4) is 11.4 Å². The maximum atomic E-state index is 9.06. The summed E-state index contributed by atoms with van der Waals surface area (Å²) in [6.45, 7) is 0.767. The van der Waals surface area contributed by atoms with Crippen LogP contribution in [0.25, 0.3) is 11.4 Å². The molecule has 2 heterocycles. The van der Waals surface area contributed by atoms with Gasteiger partial charge < -0.3 is 14.8 Å². The van der Waals surface area contributed by atoms with E-state index in [1.54, 1.807) is 35.3 Å². The van der Waals surface area contributed by atoms with Gasteiger partial charge in [-0.15, -0.1) is 5.10 Å². The van der Waals surface area contributed by atoms with Gasteiger partial charge in [0.05, 0.1) is 0 Å². The first-order valence-corrected chi connectivity index (χ1v) is 6.73. The van der Waals surface area contributed by atoms with Crippen molar-refractivity contribution in [1.29, 1.82) is 0 Å². The van der Waals surface area contributed by atoms with Gasteiger partial charge in [-0.3, -0.25) is 0 Å². The molecule has 7 heteroatoms. The van der Waals surface area contributed by atoms with Crippen molar-refractivity contribution < 1.29 is 14.8 Å². The molecule has 20 heavy (non-hydrogen) atoms. The van der Waals surface area contributed by atoms with Crippen molar-refractivity contribution in [3.05, 3.63) is 30.6 Å². The van der Waals surface area contributed by atoms with Crippen LogP contribution in [0.5, 0.6) is 0 Å². The zero-order valence-electron chi connectivity index (χ0n) is 11.0. The second-order valence-electron chi connectivity index (χ2n) is 4.87. The molecule has 6 nitrogen and oxygen atoms in total. The predicted octanol–water partition coefficient (Wildman–Crippen LogP) is 0.324. The second kappa shape index (κ2) is 5.74. The number of aromatic nitrogens is 3. The van der Waals surface area contributed by atoms with Gasteiger partial charge >= 0.3 is 7.12 Å². The predicted molar refractivity (Wildman–Crippen MR) is 74.1 cm³/mol. The summed E-state index contributed by atoms with van der Waals surface area (Å²) in [6, 6.07) is 6.85. The minimum absolute atomic E-state index is 0.0245. The number of nitrogens with zero attached hydrogens (tertiary/aromatic N) is 3. The van der Waals surface area contributed by atoms with Crippen molar-refractivity contribution >= 4 is 12.6 Å². The third-order valence-electron chi connectivity index (χ3n) is 3.43. The average molecular weight is 273 g/mol. The van der Waals surface area contributed by atoms with E-state index in [9.17, 15) is 0 Å². The first-order valence-electron chi connectivity index (χ1n) is 6.73. The van der Waals surface area contributed by atoms with E-state index in [2.05, 4.69) is 10.1 Å². The topological polar surface area (TPSA) is 80.4 Å². The molecule has 0 aliphatic carbocycles. The number of hydrogen-bond donors (Lipinski definition) is 2. The second-order valence-corrected chi connectivity index (χ2v) is 4.87. The van der Waals surface area contributed by atoms with Crippen LogP contribution in [0.15, 0.2) is 30.6 Å². The lowest BCUT2D eigenvalue weighted by Gasteiger charge is -2.21. The van der Waals surface area contributed by atoms with Gasteiger partial charge in [0, 0.05) is 12.2 Å². The smallest absolute Gasteiger partial charge is 0.423 e. The fraction of sp³-hybridized carbons (Fsp3) is 0.385. The van der Waals surface area contributed by atoms with Gasteiger partial charge in [0.1, 0.15) is 6.33 Å². The minimum Gasteiger partial charge on any atom is -0.423 e. The van der Waals surface area contributed by atoms with Crippen LogP contribution in [0, 0.1) is 0 Å². The summed E-state index contributed by atoms with van der Waals surface area (Å²) in [5.74, 6) is 0.609. The maximum Gasteiger partial charge on any atom is 0.488 e. The van der Waals surface area contributed by atoms with Gasteiger partial charge in [0.15, 0.2) is 12.1 Å². The molecule has 1 aromatic carbocycles. The van der Waals surface area contributed by atoms with E-state index in [1.165, 1.54) is 0 Å². The Hall–Kier alpha value is -1.70. The lowest BCUT2D eigenvalue weighted by Crippen LogP contribution is -2.29. The molecule has 0 spiro atoms. The zero-order valence-corrected chi connectivity index (χ0v) is 11.0. The molecule has 3 rings (SSSR count). The third kappa shape index (κ3) is 2.74. The fourth-order valence-corrected chi connectivity index (χ4v) is 2.28. The number of hydrogen-bond acceptors (Lipinski definition) is 5. The first-order chi connectivity index (χ1) is 9.74. The Morgan fingerprint density at radius 2 is 2.00 bits per heavy atom. The van der Waals surface area contributed by atoms with Crippen molar-refractivity contribution in [2.24, 2.45) is 0 Å². The molecule has 1 atom stereocenters. The van der Waals surface area contributed by atoms with E-state index in [-0.39, 0.29) is 6.23 Å². The van der Waals surface area contributed by atoms with E-state index in [4.69, 9.17) is 14.8 Å². The number of ether oxygens (including phenoxy) is 1. The van der Waals surface area contributed by atoms with Gasteiger partial charge in [-0.1, -0.05) is 24.3 Å². The Bertz CT molecular complexity index is 564. The van der Waals surface area contributed by atoms with Crippen molar-refractivity contribution in [3.63, 3.8) is 0 Å². The summed E-state index contributed by atoms with van der Waals surface area (Å²) >= 11 is 0. The van der Waals surface area contributed by atoms with Crippen LogP contribution in [0.2, 0.25) is 0 Å². The lowest BCUT2D eigenvalue weighted by atomic mass is 9.80. The van der Waals surface area contributed by atoms with E-state index < -0.39 is 7.12 Å². The number of benzene rings is 1. The molecule has 1 saturated heterocycles. The lowest BCUT2D eigenvalue weighted by molar-refractivity contribution is -0.0395. The summed E-state index contributed by atoms with van der Waals surface area (Å²) in [5, 5.41) is 22.6. The van der Waals surface area contributed by atoms with Crippen LogP contribution in [-0.4, -0.2) is 38.5 Å². The largest absolute Gasteiger partial charge is 0.488 e. The molecule has 0 radical (unpaired) electrons. The van der Waals surface area contributed by atoms with Crippen molar-refractivity contribution in [1.82, 2.24) is 14.8 Å². The van der Waals surface area contributed by atoms with Gasteiger partial charge in [-0.2, -0.15) is 0 Å². The van der Waals surface area contributed by atoms with Crippen molar-refractivity contribution in [2.45, 2.75) is 25.5 Å². The Morgan fingerprint density at radius 3 is 2.65 bits per heavy atom. The molecule has 1 unspecified atom stereocenters. The molecule has 1 fully saturated rings. The van der Waals surface area contributed by atoms with E-state index in [0.29, 0.717) is 11.3 Å². The average Bonchev–Trinajstić information content (AvgIpc) is 2.98. The molecule has 0 amide bonds. The van der Waals surface area contributed by atoms with Gasteiger partial charge in [-0.05, 0) is 24.7 Å². The van der Waals surface area contributed by atoms with E-state index in [1.807, 2.05) is 0 Å². The molecular weight excluding hydrogens is 257 g/mol. The van der Waals surface area contributed by atoms with Crippen LogP contribution in [0.1, 0.15) is 25.5 Å². The standard InChI is InChI=1S/C13H16BN3O3/c18-14(19)11-6-4-10(5-7-11)13-15-9-17(16-13)12-3-1-2-8-20-12/h4-7,9,12,18-19H,1-3,8H2. The monoisotopic (exact) mass is 273 g/mol.